The van der Waals surface area contributed by atoms with Crippen molar-refractivity contribution in [1.82, 2.24) is 0 Å². The predicted octanol–water partition coefficient (Wildman–Crippen LogP) is 5.35. The third kappa shape index (κ3) is 3.45. The molecule has 6 heteroatoms. The van der Waals surface area contributed by atoms with E-state index in [9.17, 15) is 4.79 Å². The molecule has 0 aromatic heterocycles. The average molecular weight is 488 g/mol. The highest BCUT2D eigenvalue weighted by Crippen LogP contribution is 2.30. The van der Waals surface area contributed by atoms with E-state index in [1.165, 1.54) is 0 Å². The van der Waals surface area contributed by atoms with Gasteiger partial charge in [0.05, 0.1) is 11.3 Å². The Bertz CT molecular complexity index is 749. The maximum absolute atomic E-state index is 12.0. The number of nitrogens with one attached hydrogen (secondary N) is 1. The highest BCUT2D eigenvalue weighted by Gasteiger charge is 2.26. The Hall–Kier alpha value is -1.11. The van der Waals surface area contributed by atoms with Crippen molar-refractivity contribution in [1.29, 1.82) is 0 Å². The van der Waals surface area contributed by atoms with Gasteiger partial charge in [-0.1, -0.05) is 59.9 Å². The van der Waals surface area contributed by atoms with Gasteiger partial charge in [0.15, 0.2) is 0 Å². The highest BCUT2D eigenvalue weighted by molar-refractivity contribution is 9.11. The summed E-state index contributed by atoms with van der Waals surface area (Å²) in [6.07, 6.45) is 0. The predicted molar refractivity (Wildman–Crippen MR) is 97.5 cm³/mol. The van der Waals surface area contributed by atoms with Gasteiger partial charge in [-0.15, -0.1) is 0 Å². The van der Waals surface area contributed by atoms with E-state index in [0.717, 1.165) is 30.4 Å². The minimum atomic E-state index is -0.307. The fourth-order valence-electron chi connectivity index (χ4n) is 2.21. The fraction of sp³-hybridized carbons (Fsp3) is 0.0625. The Morgan fingerprint density at radius 1 is 0.909 bits per heavy atom. The number of carbonyl (C=O) groups excluding carboxylic acids is 1. The van der Waals surface area contributed by atoms with Crippen LogP contribution in [0.4, 0.5) is 5.69 Å². The normalized spacial score (nSPS) is 14.2. The van der Waals surface area contributed by atoms with Crippen LogP contribution in [0.15, 0.2) is 61.6 Å². The van der Waals surface area contributed by atoms with E-state index in [0.29, 0.717) is 5.57 Å². The molecule has 1 N–H and O–H groups in total. The number of cyclic esters (lactones) is 1. The molecule has 0 spiro atoms. The minimum absolute atomic E-state index is 0.244. The van der Waals surface area contributed by atoms with Crippen molar-refractivity contribution < 1.29 is 9.53 Å². The maximum atomic E-state index is 12.0. The lowest BCUT2D eigenvalue weighted by molar-refractivity contribution is -0.134. The van der Waals surface area contributed by atoms with Crippen LogP contribution in [-0.4, -0.2) is 12.6 Å². The summed E-state index contributed by atoms with van der Waals surface area (Å²) in [6.45, 7) is 0.244. The van der Waals surface area contributed by atoms with Gasteiger partial charge in [-0.2, -0.15) is 0 Å². The van der Waals surface area contributed by atoms with Gasteiger partial charge in [0.25, 0.3) is 0 Å². The molecular weight excluding hydrogens is 478 g/mol. The molecule has 3 nitrogen and oxygen atoms in total. The van der Waals surface area contributed by atoms with Crippen LogP contribution in [0.5, 0.6) is 0 Å². The van der Waals surface area contributed by atoms with Crippen LogP contribution in [0.25, 0.3) is 5.57 Å². The lowest BCUT2D eigenvalue weighted by atomic mass is 10.1. The molecule has 1 aliphatic rings. The topological polar surface area (TPSA) is 38.3 Å². The molecule has 0 unspecified atom stereocenters. The largest absolute Gasteiger partial charge is 0.456 e. The van der Waals surface area contributed by atoms with Crippen molar-refractivity contribution in [3.05, 3.63) is 67.1 Å². The molecule has 2 aromatic carbocycles. The number of hydrogen-bond donors (Lipinski definition) is 1. The molecule has 0 atom stereocenters. The van der Waals surface area contributed by atoms with Crippen LogP contribution in [0, 0.1) is 0 Å². The van der Waals surface area contributed by atoms with Crippen molar-refractivity contribution in [3.63, 3.8) is 0 Å². The van der Waals surface area contributed by atoms with Gasteiger partial charge in [0, 0.05) is 19.1 Å². The van der Waals surface area contributed by atoms with Gasteiger partial charge in [-0.3, -0.25) is 0 Å². The second-order valence-electron chi connectivity index (χ2n) is 4.72. The number of rotatable bonds is 3. The molecule has 0 fully saturated rings. The SMILES string of the molecule is O=C1OCC(Nc2cc(Br)cc(Br)c2)=C1c1ccc(Br)cc1. The third-order valence-corrected chi connectivity index (χ3v) is 4.59. The van der Waals surface area contributed by atoms with Gasteiger partial charge < -0.3 is 10.1 Å². The second kappa shape index (κ2) is 6.56. The summed E-state index contributed by atoms with van der Waals surface area (Å²) in [5.41, 5.74) is 3.05. The molecule has 0 amide bonds. The number of ether oxygens (including phenoxy) is 1. The van der Waals surface area contributed by atoms with Crippen LogP contribution >= 0.6 is 47.8 Å². The Morgan fingerprint density at radius 2 is 1.55 bits per heavy atom. The van der Waals surface area contributed by atoms with Crippen LogP contribution in [0.3, 0.4) is 0 Å². The average Bonchev–Trinajstić information content (AvgIpc) is 2.80. The smallest absolute Gasteiger partial charge is 0.341 e. The Kier molecular flexibility index (Phi) is 4.70. The molecule has 1 heterocycles. The van der Waals surface area contributed by atoms with E-state index >= 15 is 0 Å². The van der Waals surface area contributed by atoms with E-state index in [4.69, 9.17) is 4.74 Å². The first-order valence-corrected chi connectivity index (χ1v) is 8.80. The Morgan fingerprint density at radius 3 is 2.18 bits per heavy atom. The molecule has 112 valence electrons. The first-order chi connectivity index (χ1) is 10.5. The minimum Gasteiger partial charge on any atom is -0.456 e. The Labute approximate surface area is 153 Å². The molecule has 0 radical (unpaired) electrons. The third-order valence-electron chi connectivity index (χ3n) is 3.14. The van der Waals surface area contributed by atoms with Crippen LogP contribution in [-0.2, 0) is 9.53 Å². The zero-order valence-electron chi connectivity index (χ0n) is 11.2. The Balaban J connectivity index is 1.98. The molecule has 0 bridgehead atoms. The van der Waals surface area contributed by atoms with Gasteiger partial charge in [0.2, 0.25) is 0 Å². The lowest BCUT2D eigenvalue weighted by Gasteiger charge is -2.09. The summed E-state index contributed by atoms with van der Waals surface area (Å²) < 4.78 is 8.04. The van der Waals surface area contributed by atoms with Gasteiger partial charge in [0.1, 0.15) is 6.61 Å². The van der Waals surface area contributed by atoms with Crippen molar-refractivity contribution in [3.8, 4) is 0 Å². The van der Waals surface area contributed by atoms with Crippen molar-refractivity contribution in [2.45, 2.75) is 0 Å². The van der Waals surface area contributed by atoms with E-state index in [1.807, 2.05) is 42.5 Å². The number of hydrogen-bond acceptors (Lipinski definition) is 3. The van der Waals surface area contributed by atoms with Crippen molar-refractivity contribution in [2.75, 3.05) is 11.9 Å². The summed E-state index contributed by atoms with van der Waals surface area (Å²) in [7, 11) is 0. The molecule has 0 aliphatic carbocycles. The van der Waals surface area contributed by atoms with E-state index in [-0.39, 0.29) is 12.6 Å². The van der Waals surface area contributed by atoms with Crippen LogP contribution in [0.1, 0.15) is 5.56 Å². The zero-order valence-corrected chi connectivity index (χ0v) is 16.0. The van der Waals surface area contributed by atoms with Gasteiger partial charge >= 0.3 is 5.97 Å². The van der Waals surface area contributed by atoms with E-state index < -0.39 is 0 Å². The molecular formula is C16H10Br3NO2. The summed E-state index contributed by atoms with van der Waals surface area (Å²) in [5, 5.41) is 3.28. The monoisotopic (exact) mass is 485 g/mol. The van der Waals surface area contributed by atoms with E-state index in [1.54, 1.807) is 0 Å². The fourth-order valence-corrected chi connectivity index (χ4v) is 3.77. The van der Waals surface area contributed by atoms with Crippen molar-refractivity contribution in [2.24, 2.45) is 0 Å². The summed E-state index contributed by atoms with van der Waals surface area (Å²) in [6, 6.07) is 13.4. The van der Waals surface area contributed by atoms with Gasteiger partial charge in [-0.05, 0) is 35.9 Å². The maximum Gasteiger partial charge on any atom is 0.341 e. The molecule has 2 aromatic rings. The lowest BCUT2D eigenvalue weighted by Crippen LogP contribution is -2.03. The highest BCUT2D eigenvalue weighted by atomic mass is 79.9. The van der Waals surface area contributed by atoms with Crippen LogP contribution < -0.4 is 5.32 Å². The standard InChI is InChI=1S/C16H10Br3NO2/c17-10-3-1-9(2-4-10)15-14(8-22-16(15)21)20-13-6-11(18)5-12(19)7-13/h1-7,20H,8H2. The quantitative estimate of drug-likeness (QED) is 0.593. The van der Waals surface area contributed by atoms with E-state index in [2.05, 4.69) is 53.1 Å². The van der Waals surface area contributed by atoms with Gasteiger partial charge in [-0.25, -0.2) is 4.79 Å². The number of benzene rings is 2. The molecule has 0 saturated heterocycles. The molecule has 1 aliphatic heterocycles. The first kappa shape index (κ1) is 15.8. The van der Waals surface area contributed by atoms with Crippen LogP contribution in [0.2, 0.25) is 0 Å². The number of carbonyl (C=O) groups is 1. The summed E-state index contributed by atoms with van der Waals surface area (Å²) in [5.74, 6) is -0.307. The van der Waals surface area contributed by atoms with Crippen molar-refractivity contribution >= 4 is 65.0 Å². The number of halogens is 3. The number of esters is 1. The molecule has 22 heavy (non-hydrogen) atoms. The number of anilines is 1. The molecule has 3 rings (SSSR count). The summed E-state index contributed by atoms with van der Waals surface area (Å²) >= 11 is 10.3. The zero-order chi connectivity index (χ0) is 15.7. The summed E-state index contributed by atoms with van der Waals surface area (Å²) in [4.78, 5) is 12.0. The molecule has 0 saturated carbocycles. The first-order valence-electron chi connectivity index (χ1n) is 6.42. The second-order valence-corrected chi connectivity index (χ2v) is 7.47.